The van der Waals surface area contributed by atoms with Crippen molar-refractivity contribution >= 4 is 11.6 Å². The molecule has 2 unspecified atom stereocenters. The van der Waals surface area contributed by atoms with E-state index in [1.807, 2.05) is 13.0 Å². The number of benzene rings is 1. The number of aryl methyl sites for hydroxylation is 1. The van der Waals surface area contributed by atoms with Gasteiger partial charge in [0.1, 0.15) is 0 Å². The maximum atomic E-state index is 9.57. The van der Waals surface area contributed by atoms with Gasteiger partial charge in [-0.25, -0.2) is 0 Å². The third kappa shape index (κ3) is 2.87. The molecule has 0 radical (unpaired) electrons. The third-order valence-electron chi connectivity index (χ3n) is 4.07. The molecule has 2 heteroatoms. The molecule has 0 saturated heterocycles. The van der Waals surface area contributed by atoms with Crippen molar-refractivity contribution < 1.29 is 0 Å². The van der Waals surface area contributed by atoms with Crippen LogP contribution in [0.1, 0.15) is 43.7 Å². The fraction of sp³-hybridized carbons (Fsp3) is 0.562. The topological polar surface area (TPSA) is 23.8 Å². The van der Waals surface area contributed by atoms with Crippen molar-refractivity contribution in [2.45, 2.75) is 46.0 Å². The molecule has 2 rings (SSSR count). The van der Waals surface area contributed by atoms with Crippen molar-refractivity contribution in [3.63, 3.8) is 0 Å². The molecule has 2 atom stereocenters. The molecular weight excluding hydrogens is 242 g/mol. The molecule has 1 aliphatic rings. The summed E-state index contributed by atoms with van der Waals surface area (Å²) in [5, 5.41) is 10.4. The predicted octanol–water partition coefficient (Wildman–Crippen LogP) is 4.91. The second-order valence-electron chi connectivity index (χ2n) is 5.87. The number of nitrogens with zero attached hydrogens (tertiary/aromatic N) is 1. The summed E-state index contributed by atoms with van der Waals surface area (Å²) in [5.41, 5.74) is 2.10. The van der Waals surface area contributed by atoms with Crippen molar-refractivity contribution in [3.05, 3.63) is 34.3 Å². The van der Waals surface area contributed by atoms with E-state index in [2.05, 4.69) is 25.1 Å². The number of rotatable bonds is 2. The summed E-state index contributed by atoms with van der Waals surface area (Å²) in [7, 11) is 0. The molecule has 0 amide bonds. The van der Waals surface area contributed by atoms with E-state index < -0.39 is 0 Å². The lowest BCUT2D eigenvalue weighted by atomic mass is 9.68. The van der Waals surface area contributed by atoms with Gasteiger partial charge in [-0.15, -0.1) is 0 Å². The van der Waals surface area contributed by atoms with Gasteiger partial charge < -0.3 is 0 Å². The largest absolute Gasteiger partial charge is 0.198 e. The highest BCUT2D eigenvalue weighted by Gasteiger charge is 2.35. The highest BCUT2D eigenvalue weighted by Crippen LogP contribution is 2.42. The zero-order valence-electron chi connectivity index (χ0n) is 11.2. The van der Waals surface area contributed by atoms with Gasteiger partial charge in [0, 0.05) is 5.02 Å². The van der Waals surface area contributed by atoms with Crippen molar-refractivity contribution in [1.29, 1.82) is 5.26 Å². The zero-order valence-corrected chi connectivity index (χ0v) is 11.9. The summed E-state index contributed by atoms with van der Waals surface area (Å²) in [4.78, 5) is 0. The molecule has 0 heterocycles. The molecule has 1 aromatic carbocycles. The van der Waals surface area contributed by atoms with Crippen LogP contribution in [0.3, 0.4) is 0 Å². The Balaban J connectivity index is 2.22. The molecule has 96 valence electrons. The summed E-state index contributed by atoms with van der Waals surface area (Å²) in [5.74, 6) is 0.655. The summed E-state index contributed by atoms with van der Waals surface area (Å²) >= 11 is 6.29. The summed E-state index contributed by atoms with van der Waals surface area (Å²) < 4.78 is 0. The van der Waals surface area contributed by atoms with Crippen LogP contribution in [-0.4, -0.2) is 0 Å². The molecule has 0 aromatic heterocycles. The SMILES string of the molecule is Cc1ccc(CC2(C#N)CCCC(C)C2)c(Cl)c1. The van der Waals surface area contributed by atoms with Crippen LogP contribution >= 0.6 is 11.6 Å². The first-order chi connectivity index (χ1) is 8.54. The minimum Gasteiger partial charge on any atom is -0.198 e. The minimum atomic E-state index is -0.198. The minimum absolute atomic E-state index is 0.198. The molecule has 0 spiro atoms. The Labute approximate surface area is 115 Å². The van der Waals surface area contributed by atoms with E-state index in [1.54, 1.807) is 0 Å². The maximum Gasteiger partial charge on any atom is 0.0693 e. The van der Waals surface area contributed by atoms with E-state index in [4.69, 9.17) is 11.6 Å². The fourth-order valence-corrected chi connectivity index (χ4v) is 3.42. The number of nitriles is 1. The second kappa shape index (κ2) is 5.33. The van der Waals surface area contributed by atoms with Gasteiger partial charge in [0.05, 0.1) is 11.5 Å². The molecule has 1 aromatic rings. The van der Waals surface area contributed by atoms with Crippen molar-refractivity contribution in [2.24, 2.45) is 11.3 Å². The maximum absolute atomic E-state index is 9.57. The van der Waals surface area contributed by atoms with E-state index in [-0.39, 0.29) is 5.41 Å². The molecule has 1 nitrogen and oxygen atoms in total. The summed E-state index contributed by atoms with van der Waals surface area (Å²) in [6.07, 6.45) is 5.24. The Morgan fingerprint density at radius 2 is 2.28 bits per heavy atom. The van der Waals surface area contributed by atoms with E-state index in [9.17, 15) is 5.26 Å². The average molecular weight is 262 g/mol. The Bertz CT molecular complexity index is 474. The van der Waals surface area contributed by atoms with Crippen molar-refractivity contribution in [3.8, 4) is 6.07 Å². The zero-order chi connectivity index (χ0) is 13.2. The van der Waals surface area contributed by atoms with Crippen LogP contribution in [0.4, 0.5) is 0 Å². The van der Waals surface area contributed by atoms with Crippen LogP contribution in [0, 0.1) is 29.6 Å². The van der Waals surface area contributed by atoms with Crippen LogP contribution in [-0.2, 0) is 6.42 Å². The first kappa shape index (κ1) is 13.4. The van der Waals surface area contributed by atoms with Gasteiger partial charge in [0.15, 0.2) is 0 Å². The molecule has 0 N–H and O–H groups in total. The van der Waals surface area contributed by atoms with Crippen LogP contribution < -0.4 is 0 Å². The van der Waals surface area contributed by atoms with Crippen molar-refractivity contribution in [1.82, 2.24) is 0 Å². The molecule has 0 bridgehead atoms. The van der Waals surface area contributed by atoms with Gasteiger partial charge in [0.25, 0.3) is 0 Å². The number of halogens is 1. The Morgan fingerprint density at radius 3 is 2.89 bits per heavy atom. The molecule has 18 heavy (non-hydrogen) atoms. The summed E-state index contributed by atoms with van der Waals surface area (Å²) in [6.45, 7) is 4.29. The lowest BCUT2D eigenvalue weighted by Crippen LogP contribution is -2.28. The van der Waals surface area contributed by atoms with E-state index >= 15 is 0 Å². The highest BCUT2D eigenvalue weighted by molar-refractivity contribution is 6.31. The molecular formula is C16H20ClN. The van der Waals surface area contributed by atoms with Crippen LogP contribution in [0.25, 0.3) is 0 Å². The Hall–Kier alpha value is -1.00. The average Bonchev–Trinajstić information content (AvgIpc) is 2.33. The monoisotopic (exact) mass is 261 g/mol. The van der Waals surface area contributed by atoms with Gasteiger partial charge in [-0.2, -0.15) is 5.26 Å². The third-order valence-corrected chi connectivity index (χ3v) is 4.42. The van der Waals surface area contributed by atoms with Crippen molar-refractivity contribution in [2.75, 3.05) is 0 Å². The molecule has 1 saturated carbocycles. The predicted molar refractivity (Wildman–Crippen MR) is 75.6 cm³/mol. The van der Waals surface area contributed by atoms with Crippen LogP contribution in [0.2, 0.25) is 5.02 Å². The first-order valence-electron chi connectivity index (χ1n) is 6.71. The van der Waals surface area contributed by atoms with Gasteiger partial charge >= 0.3 is 0 Å². The normalized spacial score (nSPS) is 27.8. The van der Waals surface area contributed by atoms with E-state index in [0.717, 1.165) is 36.3 Å². The standard InChI is InChI=1S/C16H20ClN/c1-12-5-6-14(15(17)8-12)10-16(11-18)7-3-4-13(2)9-16/h5-6,8,13H,3-4,7,9-10H2,1-2H3. The Kier molecular flexibility index (Phi) is 3.97. The van der Waals surface area contributed by atoms with E-state index in [1.165, 1.54) is 12.0 Å². The van der Waals surface area contributed by atoms with Gasteiger partial charge in [-0.3, -0.25) is 0 Å². The first-order valence-corrected chi connectivity index (χ1v) is 7.09. The second-order valence-corrected chi connectivity index (χ2v) is 6.27. The molecule has 0 aliphatic heterocycles. The highest BCUT2D eigenvalue weighted by atomic mass is 35.5. The molecule has 1 aliphatic carbocycles. The lowest BCUT2D eigenvalue weighted by molar-refractivity contribution is 0.209. The van der Waals surface area contributed by atoms with Gasteiger partial charge in [-0.05, 0) is 49.3 Å². The Morgan fingerprint density at radius 1 is 1.50 bits per heavy atom. The van der Waals surface area contributed by atoms with Gasteiger partial charge in [-0.1, -0.05) is 43.5 Å². The van der Waals surface area contributed by atoms with Gasteiger partial charge in [0.2, 0.25) is 0 Å². The molecule has 1 fully saturated rings. The number of hydrogen-bond acceptors (Lipinski definition) is 1. The van der Waals surface area contributed by atoms with Crippen LogP contribution in [0.5, 0.6) is 0 Å². The lowest BCUT2D eigenvalue weighted by Gasteiger charge is -2.34. The quantitative estimate of drug-likeness (QED) is 0.742. The van der Waals surface area contributed by atoms with Crippen LogP contribution in [0.15, 0.2) is 18.2 Å². The fourth-order valence-electron chi connectivity index (χ4n) is 3.12. The number of hydrogen-bond donors (Lipinski definition) is 0. The summed E-state index contributed by atoms with van der Waals surface area (Å²) in [6, 6.07) is 8.74. The van der Waals surface area contributed by atoms with E-state index in [0.29, 0.717) is 5.92 Å². The smallest absolute Gasteiger partial charge is 0.0693 e.